The van der Waals surface area contributed by atoms with Gasteiger partial charge in [0.1, 0.15) is 6.61 Å². The van der Waals surface area contributed by atoms with Gasteiger partial charge >= 0.3 is 0 Å². The van der Waals surface area contributed by atoms with Gasteiger partial charge in [0.25, 0.3) is 0 Å². The van der Waals surface area contributed by atoms with E-state index in [0.717, 1.165) is 12.8 Å². The second-order valence-electron chi connectivity index (χ2n) is 5.26. The monoisotopic (exact) mass is 351 g/mol. The number of unbranched alkanes of at least 4 members (excludes halogenated alkanes) is 1. The molecule has 0 saturated heterocycles. The first-order valence-corrected chi connectivity index (χ1v) is 9.62. The van der Waals surface area contributed by atoms with E-state index in [2.05, 4.69) is 26.1 Å². The van der Waals surface area contributed by atoms with E-state index in [1.54, 1.807) is 0 Å². The van der Waals surface area contributed by atoms with Gasteiger partial charge < -0.3 is 19.5 Å². The molecule has 5 heteroatoms. The predicted molar refractivity (Wildman–Crippen MR) is 105 cm³/mol. The highest BCUT2D eigenvalue weighted by atomic mass is 16.5. The molecule has 0 saturated carbocycles. The molecule has 0 bridgehead atoms. The molecular formula is C19H45NO4. The Morgan fingerprint density at radius 3 is 2.04 bits per heavy atom. The van der Waals surface area contributed by atoms with Crippen molar-refractivity contribution in [1.82, 2.24) is 5.32 Å². The number of hydrogen-bond donors (Lipinski definition) is 1. The Morgan fingerprint density at radius 2 is 1.54 bits per heavy atom. The number of ether oxygens (including phenoxy) is 3. The Balaban J connectivity index is -0.000000408. The van der Waals surface area contributed by atoms with Crippen molar-refractivity contribution in [3.05, 3.63) is 0 Å². The third kappa shape index (κ3) is 23.6. The van der Waals surface area contributed by atoms with Crippen LogP contribution in [-0.4, -0.2) is 51.6 Å². The first-order chi connectivity index (χ1) is 11.6. The minimum atomic E-state index is -0.115. The summed E-state index contributed by atoms with van der Waals surface area (Å²) in [6, 6.07) is -0.115. The van der Waals surface area contributed by atoms with Crippen LogP contribution in [0.15, 0.2) is 0 Å². The molecule has 0 rings (SSSR count). The lowest BCUT2D eigenvalue weighted by molar-refractivity contribution is -0.127. The Bertz CT molecular complexity index is 241. The van der Waals surface area contributed by atoms with Crippen LogP contribution in [-0.2, 0) is 19.0 Å². The van der Waals surface area contributed by atoms with E-state index in [4.69, 9.17) is 14.2 Å². The van der Waals surface area contributed by atoms with Crippen molar-refractivity contribution in [2.24, 2.45) is 5.92 Å². The summed E-state index contributed by atoms with van der Waals surface area (Å²) in [6.07, 6.45) is 2.05. The van der Waals surface area contributed by atoms with Crippen molar-refractivity contribution in [3.63, 3.8) is 0 Å². The maximum absolute atomic E-state index is 11.7. The molecule has 0 aliphatic carbocycles. The molecule has 0 aromatic rings. The van der Waals surface area contributed by atoms with Crippen LogP contribution < -0.4 is 5.32 Å². The number of hydrogen-bond acceptors (Lipinski definition) is 4. The third-order valence-corrected chi connectivity index (χ3v) is 2.53. The second kappa shape index (κ2) is 24.6. The zero-order valence-electron chi connectivity index (χ0n) is 17.4. The van der Waals surface area contributed by atoms with Gasteiger partial charge in [-0.15, -0.1) is 0 Å². The van der Waals surface area contributed by atoms with Crippen LogP contribution in [0.3, 0.4) is 0 Å². The topological polar surface area (TPSA) is 56.8 Å². The standard InChI is InChI=1S/C15H31NO4.2C2H6.H2/c1-5-7-8-19-12-15(17)16-14(10-18-6-2)11-20-9-13(3)4;2*1-2;/h13-14H,5-12H2,1-4H3,(H,16,17);2*1-2H3;1H. The molecule has 1 unspecified atom stereocenters. The van der Waals surface area contributed by atoms with Crippen molar-refractivity contribution in [3.8, 4) is 0 Å². The van der Waals surface area contributed by atoms with Crippen LogP contribution in [0.4, 0.5) is 0 Å². The number of nitrogens with one attached hydrogen (secondary N) is 1. The molecule has 5 nitrogen and oxygen atoms in total. The van der Waals surface area contributed by atoms with Crippen molar-refractivity contribution < 1.29 is 20.4 Å². The van der Waals surface area contributed by atoms with E-state index in [0.29, 0.717) is 39.0 Å². The van der Waals surface area contributed by atoms with Crippen LogP contribution in [0.5, 0.6) is 0 Å². The summed E-state index contributed by atoms with van der Waals surface area (Å²) in [5, 5.41) is 2.89. The fourth-order valence-corrected chi connectivity index (χ4v) is 1.52. The highest BCUT2D eigenvalue weighted by molar-refractivity contribution is 5.77. The molecule has 0 aliphatic rings. The minimum Gasteiger partial charge on any atom is -0.380 e. The van der Waals surface area contributed by atoms with Gasteiger partial charge in [-0.1, -0.05) is 54.9 Å². The molecule has 24 heavy (non-hydrogen) atoms. The first kappa shape index (κ1) is 28.2. The maximum atomic E-state index is 11.7. The summed E-state index contributed by atoms with van der Waals surface area (Å²) < 4.78 is 16.2. The quantitative estimate of drug-likeness (QED) is 0.503. The maximum Gasteiger partial charge on any atom is 0.246 e. The first-order valence-electron chi connectivity index (χ1n) is 9.62. The van der Waals surface area contributed by atoms with Crippen molar-refractivity contribution >= 4 is 5.91 Å². The summed E-state index contributed by atoms with van der Waals surface area (Å²) in [7, 11) is 0. The zero-order valence-corrected chi connectivity index (χ0v) is 17.4. The second-order valence-corrected chi connectivity index (χ2v) is 5.26. The fourth-order valence-electron chi connectivity index (χ4n) is 1.52. The van der Waals surface area contributed by atoms with Crippen LogP contribution in [0.25, 0.3) is 0 Å². The molecule has 0 aromatic heterocycles. The van der Waals surface area contributed by atoms with Gasteiger partial charge in [0.15, 0.2) is 0 Å². The van der Waals surface area contributed by atoms with E-state index in [1.807, 2.05) is 34.6 Å². The lowest BCUT2D eigenvalue weighted by Gasteiger charge is -2.19. The van der Waals surface area contributed by atoms with E-state index in [1.165, 1.54) is 0 Å². The molecule has 0 aliphatic heterocycles. The molecule has 150 valence electrons. The third-order valence-electron chi connectivity index (χ3n) is 2.53. The molecule has 0 heterocycles. The SMILES string of the molecule is CC.CC.CCCCOCC(=O)NC(COCC)COCC(C)C.[HH]. The number of carbonyl (C=O) groups is 1. The van der Waals surface area contributed by atoms with E-state index >= 15 is 0 Å². The van der Waals surface area contributed by atoms with Gasteiger partial charge in [-0.3, -0.25) is 4.79 Å². The van der Waals surface area contributed by atoms with E-state index < -0.39 is 0 Å². The summed E-state index contributed by atoms with van der Waals surface area (Å²) in [5.74, 6) is 0.370. The normalized spacial score (nSPS) is 11.0. The number of amides is 1. The van der Waals surface area contributed by atoms with E-state index in [-0.39, 0.29) is 20.0 Å². The zero-order chi connectivity index (χ0) is 19.2. The number of carbonyl (C=O) groups excluding carboxylic acids is 1. The van der Waals surface area contributed by atoms with Crippen LogP contribution >= 0.6 is 0 Å². The molecule has 0 fully saturated rings. The molecule has 0 spiro atoms. The highest BCUT2D eigenvalue weighted by Gasteiger charge is 2.13. The van der Waals surface area contributed by atoms with Gasteiger partial charge in [0, 0.05) is 21.2 Å². The van der Waals surface area contributed by atoms with Crippen molar-refractivity contribution in [2.75, 3.05) is 39.6 Å². The minimum absolute atomic E-state index is 0. The lowest BCUT2D eigenvalue weighted by Crippen LogP contribution is -2.43. The molecule has 1 atom stereocenters. The molecule has 0 radical (unpaired) electrons. The van der Waals surface area contributed by atoms with Gasteiger partial charge in [-0.2, -0.15) is 0 Å². The summed E-state index contributed by atoms with van der Waals surface area (Å²) >= 11 is 0. The average Bonchev–Trinajstić information content (AvgIpc) is 2.59. The average molecular weight is 352 g/mol. The van der Waals surface area contributed by atoms with E-state index in [9.17, 15) is 4.79 Å². The molecule has 1 N–H and O–H groups in total. The predicted octanol–water partition coefficient (Wildman–Crippen LogP) is 4.30. The Morgan fingerprint density at radius 1 is 0.958 bits per heavy atom. The van der Waals surface area contributed by atoms with Gasteiger partial charge in [-0.25, -0.2) is 0 Å². The smallest absolute Gasteiger partial charge is 0.246 e. The van der Waals surface area contributed by atoms with Crippen molar-refractivity contribution in [1.29, 1.82) is 0 Å². The summed E-state index contributed by atoms with van der Waals surface area (Å²) in [5.41, 5.74) is 0. The Kier molecular flexibility index (Phi) is 28.9. The van der Waals surface area contributed by atoms with Crippen LogP contribution in [0, 0.1) is 5.92 Å². The Labute approximate surface area is 152 Å². The number of rotatable bonds is 13. The molecular weight excluding hydrogens is 306 g/mol. The van der Waals surface area contributed by atoms with Gasteiger partial charge in [0.05, 0.1) is 19.3 Å². The fraction of sp³-hybridized carbons (Fsp3) is 0.947. The van der Waals surface area contributed by atoms with Crippen LogP contribution in [0.1, 0.15) is 69.7 Å². The summed E-state index contributed by atoms with van der Waals surface area (Å²) in [6.45, 7) is 19.2. The highest BCUT2D eigenvalue weighted by Crippen LogP contribution is 1.96. The Hall–Kier alpha value is -0.650. The summed E-state index contributed by atoms with van der Waals surface area (Å²) in [4.78, 5) is 11.7. The largest absolute Gasteiger partial charge is 0.380 e. The van der Waals surface area contributed by atoms with Crippen LogP contribution in [0.2, 0.25) is 0 Å². The lowest BCUT2D eigenvalue weighted by atomic mass is 10.2. The van der Waals surface area contributed by atoms with Gasteiger partial charge in [-0.05, 0) is 19.3 Å². The van der Waals surface area contributed by atoms with Gasteiger partial charge in [0.2, 0.25) is 5.91 Å². The van der Waals surface area contributed by atoms with Crippen molar-refractivity contribution in [2.45, 2.75) is 74.3 Å². The molecule has 0 aromatic carbocycles. The molecule has 1 amide bonds.